The predicted molar refractivity (Wildman–Crippen MR) is 59.5 cm³/mol. The van der Waals surface area contributed by atoms with E-state index in [0.717, 1.165) is 12.1 Å². The summed E-state index contributed by atoms with van der Waals surface area (Å²) in [5.74, 6) is -0.246. The summed E-state index contributed by atoms with van der Waals surface area (Å²) in [4.78, 5) is 11.3. The van der Waals surface area contributed by atoms with Crippen LogP contribution in [-0.4, -0.2) is 5.91 Å². The van der Waals surface area contributed by atoms with Crippen LogP contribution in [0.2, 0.25) is 0 Å². The molecule has 1 amide bonds. The third-order valence-corrected chi connectivity index (χ3v) is 2.07. The molecular formula is C12H12F3NO. The van der Waals surface area contributed by atoms with Crippen LogP contribution in [0.25, 0.3) is 0 Å². The van der Waals surface area contributed by atoms with Crippen LogP contribution in [0.1, 0.15) is 18.4 Å². The number of carbonyl (C=O) groups excluding carboxylic acids is 1. The van der Waals surface area contributed by atoms with Crippen molar-refractivity contribution in [3.05, 3.63) is 42.5 Å². The molecule has 0 unspecified atom stereocenters. The number of halogens is 3. The van der Waals surface area contributed by atoms with Crippen LogP contribution in [0.15, 0.2) is 36.9 Å². The van der Waals surface area contributed by atoms with Gasteiger partial charge >= 0.3 is 6.18 Å². The summed E-state index contributed by atoms with van der Waals surface area (Å²) in [5.41, 5.74) is -0.381. The Morgan fingerprint density at radius 3 is 2.35 bits per heavy atom. The molecule has 5 heteroatoms. The Labute approximate surface area is 97.1 Å². The minimum atomic E-state index is -4.36. The Hall–Kier alpha value is -1.78. The highest BCUT2D eigenvalue weighted by Crippen LogP contribution is 2.29. The van der Waals surface area contributed by atoms with E-state index in [4.69, 9.17) is 0 Å². The number of hydrogen-bond donors (Lipinski definition) is 1. The number of anilines is 1. The summed E-state index contributed by atoms with van der Waals surface area (Å²) in [6.45, 7) is 3.47. The highest BCUT2D eigenvalue weighted by Gasteiger charge is 2.29. The van der Waals surface area contributed by atoms with E-state index in [1.807, 2.05) is 0 Å². The summed E-state index contributed by atoms with van der Waals surface area (Å²) < 4.78 is 36.8. The van der Waals surface area contributed by atoms with E-state index >= 15 is 0 Å². The van der Waals surface area contributed by atoms with Crippen LogP contribution in [0, 0.1) is 0 Å². The van der Waals surface area contributed by atoms with Crippen molar-refractivity contribution in [3.63, 3.8) is 0 Å². The van der Waals surface area contributed by atoms with Gasteiger partial charge in [0.15, 0.2) is 0 Å². The number of amides is 1. The van der Waals surface area contributed by atoms with E-state index in [1.54, 1.807) is 6.08 Å². The van der Waals surface area contributed by atoms with Gasteiger partial charge < -0.3 is 5.32 Å². The molecule has 1 aromatic carbocycles. The van der Waals surface area contributed by atoms with E-state index in [9.17, 15) is 18.0 Å². The van der Waals surface area contributed by atoms with Crippen LogP contribution < -0.4 is 5.32 Å². The highest BCUT2D eigenvalue weighted by molar-refractivity contribution is 5.90. The molecule has 1 rings (SSSR count). The van der Waals surface area contributed by atoms with E-state index < -0.39 is 11.7 Å². The van der Waals surface area contributed by atoms with Crippen molar-refractivity contribution >= 4 is 11.6 Å². The smallest absolute Gasteiger partial charge is 0.326 e. The number of benzene rings is 1. The third-order valence-electron chi connectivity index (χ3n) is 2.07. The number of carbonyl (C=O) groups is 1. The topological polar surface area (TPSA) is 29.1 Å². The van der Waals surface area contributed by atoms with Crippen molar-refractivity contribution in [2.24, 2.45) is 0 Å². The number of hydrogen-bond acceptors (Lipinski definition) is 1. The van der Waals surface area contributed by atoms with E-state index in [2.05, 4.69) is 11.9 Å². The van der Waals surface area contributed by atoms with Crippen LogP contribution in [0.5, 0.6) is 0 Å². The van der Waals surface area contributed by atoms with E-state index in [0.29, 0.717) is 12.1 Å². The van der Waals surface area contributed by atoms with E-state index in [-0.39, 0.29) is 12.3 Å². The Balaban J connectivity index is 2.62. The first-order valence-corrected chi connectivity index (χ1v) is 5.01. The molecule has 0 saturated carbocycles. The summed E-state index contributed by atoms with van der Waals surface area (Å²) in [6, 6.07) is 4.33. The molecule has 0 bridgehead atoms. The van der Waals surface area contributed by atoms with Gasteiger partial charge in [-0.05, 0) is 30.7 Å². The van der Waals surface area contributed by atoms with Crippen LogP contribution >= 0.6 is 0 Å². The Morgan fingerprint density at radius 2 is 1.88 bits per heavy atom. The third kappa shape index (κ3) is 4.30. The zero-order chi connectivity index (χ0) is 12.9. The molecule has 2 nitrogen and oxygen atoms in total. The quantitative estimate of drug-likeness (QED) is 0.804. The minimum Gasteiger partial charge on any atom is -0.326 e. The molecule has 0 fully saturated rings. The van der Waals surface area contributed by atoms with Crippen molar-refractivity contribution in [1.29, 1.82) is 0 Å². The first-order valence-electron chi connectivity index (χ1n) is 5.01. The second kappa shape index (κ2) is 5.52. The van der Waals surface area contributed by atoms with Crippen molar-refractivity contribution in [2.75, 3.05) is 5.32 Å². The maximum Gasteiger partial charge on any atom is 0.416 e. The first kappa shape index (κ1) is 13.3. The van der Waals surface area contributed by atoms with Gasteiger partial charge in [0.05, 0.1) is 5.56 Å². The summed E-state index contributed by atoms with van der Waals surface area (Å²) in [6.07, 6.45) is -1.95. The normalized spacial score (nSPS) is 11.0. The molecule has 92 valence electrons. The van der Waals surface area contributed by atoms with Gasteiger partial charge in [0.1, 0.15) is 0 Å². The summed E-state index contributed by atoms with van der Waals surface area (Å²) in [5, 5.41) is 2.50. The van der Waals surface area contributed by atoms with Crippen molar-refractivity contribution in [2.45, 2.75) is 19.0 Å². The molecule has 0 saturated heterocycles. The maximum atomic E-state index is 12.3. The van der Waals surface area contributed by atoms with E-state index in [1.165, 1.54) is 12.1 Å². The molecule has 0 aliphatic heterocycles. The zero-order valence-corrected chi connectivity index (χ0v) is 9.05. The SMILES string of the molecule is C=CCCC(=O)Nc1ccc(C(F)(F)F)cc1. The molecule has 0 radical (unpaired) electrons. The second-order valence-corrected chi connectivity index (χ2v) is 3.45. The van der Waals surface area contributed by atoms with Crippen LogP contribution in [0.4, 0.5) is 18.9 Å². The molecule has 0 aliphatic rings. The standard InChI is InChI=1S/C12H12F3NO/c1-2-3-4-11(17)16-10-7-5-9(6-8-10)12(13,14)15/h2,5-8H,1,3-4H2,(H,16,17). The molecule has 0 aliphatic carbocycles. The summed E-state index contributed by atoms with van der Waals surface area (Å²) >= 11 is 0. The fourth-order valence-corrected chi connectivity index (χ4v) is 1.20. The molecular weight excluding hydrogens is 231 g/mol. The highest BCUT2D eigenvalue weighted by atomic mass is 19.4. The minimum absolute atomic E-state index is 0.246. The van der Waals surface area contributed by atoms with Crippen molar-refractivity contribution in [3.8, 4) is 0 Å². The second-order valence-electron chi connectivity index (χ2n) is 3.45. The van der Waals surface area contributed by atoms with Gasteiger partial charge in [-0.25, -0.2) is 0 Å². The van der Waals surface area contributed by atoms with Gasteiger partial charge in [-0.1, -0.05) is 6.08 Å². The average Bonchev–Trinajstić information content (AvgIpc) is 2.26. The first-order chi connectivity index (χ1) is 7.93. The van der Waals surface area contributed by atoms with Gasteiger partial charge in [-0.15, -0.1) is 6.58 Å². The number of alkyl halides is 3. The molecule has 1 aromatic rings. The van der Waals surface area contributed by atoms with Gasteiger partial charge in [-0.3, -0.25) is 4.79 Å². The number of rotatable bonds is 4. The lowest BCUT2D eigenvalue weighted by Gasteiger charge is -2.08. The molecule has 1 N–H and O–H groups in total. The van der Waals surface area contributed by atoms with Gasteiger partial charge in [-0.2, -0.15) is 13.2 Å². The largest absolute Gasteiger partial charge is 0.416 e. The Morgan fingerprint density at radius 1 is 1.29 bits per heavy atom. The average molecular weight is 243 g/mol. The van der Waals surface area contributed by atoms with Crippen LogP contribution in [0.3, 0.4) is 0 Å². The molecule has 0 spiro atoms. The van der Waals surface area contributed by atoms with Gasteiger partial charge in [0.25, 0.3) is 0 Å². The van der Waals surface area contributed by atoms with Gasteiger partial charge in [0, 0.05) is 12.1 Å². The fourth-order valence-electron chi connectivity index (χ4n) is 1.20. The number of allylic oxidation sites excluding steroid dienone is 1. The molecule has 0 aromatic heterocycles. The molecule has 17 heavy (non-hydrogen) atoms. The Bertz CT molecular complexity index is 395. The zero-order valence-electron chi connectivity index (χ0n) is 9.05. The fraction of sp³-hybridized carbons (Fsp3) is 0.250. The maximum absolute atomic E-state index is 12.3. The molecule has 0 atom stereocenters. The Kier molecular flexibility index (Phi) is 4.31. The number of nitrogens with one attached hydrogen (secondary N) is 1. The van der Waals surface area contributed by atoms with Crippen molar-refractivity contribution in [1.82, 2.24) is 0 Å². The van der Waals surface area contributed by atoms with Crippen molar-refractivity contribution < 1.29 is 18.0 Å². The molecule has 0 heterocycles. The summed E-state index contributed by atoms with van der Waals surface area (Å²) in [7, 11) is 0. The predicted octanol–water partition coefficient (Wildman–Crippen LogP) is 3.61. The monoisotopic (exact) mass is 243 g/mol. The lowest BCUT2D eigenvalue weighted by Crippen LogP contribution is -2.11. The van der Waals surface area contributed by atoms with Crippen LogP contribution in [-0.2, 0) is 11.0 Å². The van der Waals surface area contributed by atoms with Gasteiger partial charge in [0.2, 0.25) is 5.91 Å². The lowest BCUT2D eigenvalue weighted by molar-refractivity contribution is -0.137. The lowest BCUT2D eigenvalue weighted by atomic mass is 10.2.